The first-order valence-electron chi connectivity index (χ1n) is 30.6. The first-order valence-corrected chi connectivity index (χ1v) is 30.6. The van der Waals surface area contributed by atoms with E-state index in [1.807, 2.05) is 65.2 Å². The normalized spacial score (nSPS) is 22.8. The lowest BCUT2D eigenvalue weighted by Crippen LogP contribution is -2.48. The predicted octanol–water partition coefficient (Wildman–Crippen LogP) is 12.4. The van der Waals surface area contributed by atoms with Gasteiger partial charge in [0.2, 0.25) is 0 Å². The second kappa shape index (κ2) is 22.9. The summed E-state index contributed by atoms with van der Waals surface area (Å²) in [4.78, 5) is 60.2. The number of ether oxygens (including phenoxy) is 6. The lowest BCUT2D eigenvalue weighted by molar-refractivity contribution is -0.222. The van der Waals surface area contributed by atoms with Crippen molar-refractivity contribution in [2.45, 2.75) is 94.4 Å². The van der Waals surface area contributed by atoms with E-state index in [4.69, 9.17) is 28.4 Å². The summed E-state index contributed by atoms with van der Waals surface area (Å²) in [6.45, 7) is 2.51. The van der Waals surface area contributed by atoms with Crippen LogP contribution in [-0.2, 0) is 41.6 Å². The summed E-state index contributed by atoms with van der Waals surface area (Å²) in [7, 11) is 0. The second-order valence-corrected chi connectivity index (χ2v) is 24.2. The molecular formula is C71H57F4N5O12. The molecule has 0 radical (unpaired) electrons. The van der Waals surface area contributed by atoms with Crippen molar-refractivity contribution in [3.63, 3.8) is 0 Å². The fraction of sp³-hybridized carbons (Fsp3) is 0.268. The molecule has 8 atom stereocenters. The van der Waals surface area contributed by atoms with Crippen LogP contribution in [0.15, 0.2) is 133 Å². The van der Waals surface area contributed by atoms with Gasteiger partial charge in [0, 0.05) is 91.3 Å². The first-order chi connectivity index (χ1) is 44.8. The summed E-state index contributed by atoms with van der Waals surface area (Å²) in [5.74, 6) is -4.01. The summed E-state index contributed by atoms with van der Waals surface area (Å²) in [5, 5.41) is 27.2. The van der Waals surface area contributed by atoms with Crippen molar-refractivity contribution in [1.82, 2.24) is 24.4 Å². The number of aliphatic hydroxyl groups excluding tert-OH is 2. The molecule has 92 heavy (non-hydrogen) atoms. The van der Waals surface area contributed by atoms with Crippen LogP contribution in [0.4, 0.5) is 17.6 Å². The van der Waals surface area contributed by atoms with Crippen molar-refractivity contribution >= 4 is 111 Å². The maximum absolute atomic E-state index is 14.9. The zero-order valence-electron chi connectivity index (χ0n) is 49.0. The number of amides is 2. The van der Waals surface area contributed by atoms with Crippen molar-refractivity contribution in [2.24, 2.45) is 0 Å². The SMILES string of the molecule is C1CCOC1.O=C1CC(=O)c2c1c1c3cc(F)ccc3[nH]c1c1c2c2cc(F)ccc2n1[C@@H]1O[C@H](CO)C[C@H](O)[C@H]1OCc1ccccc1.O=C1NC(=O)c2c1c1c3cc(F)ccc3[nH]c1c1c2c2cc(F)ccc2n1[C@@H]1OC2COC(C2)C1OCc1ccccc1. The van der Waals surface area contributed by atoms with Crippen LogP contribution in [0, 0.1) is 23.3 Å². The van der Waals surface area contributed by atoms with Gasteiger partial charge in [-0.3, -0.25) is 24.5 Å². The average molecular weight is 1250 g/mol. The molecular weight excluding hydrogens is 1190 g/mol. The molecule has 466 valence electrons. The molecule has 5 N–H and O–H groups in total. The fourth-order valence-corrected chi connectivity index (χ4v) is 14.7. The molecule has 18 rings (SSSR count). The van der Waals surface area contributed by atoms with Crippen molar-refractivity contribution in [3.8, 4) is 0 Å². The minimum atomic E-state index is -1.05. The number of carbonyl (C=O) groups excluding carboxylic acids is 4. The van der Waals surface area contributed by atoms with Gasteiger partial charge in [0.1, 0.15) is 35.5 Å². The minimum Gasteiger partial charge on any atom is -0.394 e. The lowest BCUT2D eigenvalue weighted by atomic mass is 9.96. The monoisotopic (exact) mass is 1250 g/mol. The maximum atomic E-state index is 14.9. The Kier molecular flexibility index (Phi) is 14.4. The highest BCUT2D eigenvalue weighted by Crippen LogP contribution is 2.50. The molecule has 0 saturated carbocycles. The third-order valence-corrected chi connectivity index (χ3v) is 18.6. The van der Waals surface area contributed by atoms with Gasteiger partial charge in [-0.05, 0) is 96.8 Å². The van der Waals surface area contributed by atoms with E-state index in [1.165, 1.54) is 61.4 Å². The number of rotatable bonds is 9. The highest BCUT2D eigenvalue weighted by atomic mass is 19.1. The summed E-state index contributed by atoms with van der Waals surface area (Å²) >= 11 is 0. The van der Waals surface area contributed by atoms with Crippen LogP contribution in [0.5, 0.6) is 0 Å². The van der Waals surface area contributed by atoms with E-state index in [2.05, 4.69) is 15.3 Å². The molecule has 4 aromatic heterocycles. The molecule has 1 aliphatic carbocycles. The number of nitrogens with one attached hydrogen (secondary N) is 3. The maximum Gasteiger partial charge on any atom is 0.259 e. The Morgan fingerprint density at radius 1 is 0.543 bits per heavy atom. The van der Waals surface area contributed by atoms with Gasteiger partial charge in [-0.15, -0.1) is 0 Å². The molecule has 21 heteroatoms. The van der Waals surface area contributed by atoms with Gasteiger partial charge in [-0.1, -0.05) is 60.7 Å². The zero-order valence-corrected chi connectivity index (χ0v) is 49.0. The van der Waals surface area contributed by atoms with E-state index in [-0.39, 0.29) is 60.5 Å². The van der Waals surface area contributed by atoms with E-state index < -0.39 is 83.5 Å². The Hall–Kier alpha value is -9.16. The molecule has 3 unspecified atom stereocenters. The Bertz CT molecular complexity index is 5030. The van der Waals surface area contributed by atoms with Crippen LogP contribution in [0.3, 0.4) is 0 Å². The highest BCUT2D eigenvalue weighted by molar-refractivity contribution is 6.41. The molecule has 4 fully saturated rings. The molecule has 6 aliphatic rings. The fourth-order valence-electron chi connectivity index (χ4n) is 14.7. The number of hydrogen-bond donors (Lipinski definition) is 5. The minimum absolute atomic E-state index is 0.113. The van der Waals surface area contributed by atoms with E-state index in [0.717, 1.165) is 24.3 Å². The number of carbonyl (C=O) groups is 4. The van der Waals surface area contributed by atoms with E-state index in [0.29, 0.717) is 107 Å². The van der Waals surface area contributed by atoms with Crippen molar-refractivity contribution in [2.75, 3.05) is 26.4 Å². The van der Waals surface area contributed by atoms with Crippen LogP contribution < -0.4 is 5.32 Å². The molecule has 2 bridgehead atoms. The Labute approximate surface area is 519 Å². The molecule has 8 aromatic carbocycles. The molecule has 2 amide bonds. The highest BCUT2D eigenvalue weighted by Gasteiger charge is 2.48. The van der Waals surface area contributed by atoms with Crippen LogP contribution in [0.1, 0.15) is 97.1 Å². The number of nitrogens with zero attached hydrogens (tertiary/aromatic N) is 2. The topological polar surface area (TPSA) is 218 Å². The van der Waals surface area contributed by atoms with Gasteiger partial charge in [-0.2, -0.15) is 0 Å². The van der Waals surface area contributed by atoms with E-state index in [1.54, 1.807) is 28.8 Å². The van der Waals surface area contributed by atoms with Crippen molar-refractivity contribution in [1.29, 1.82) is 0 Å². The van der Waals surface area contributed by atoms with Crippen molar-refractivity contribution in [3.05, 3.63) is 190 Å². The third kappa shape index (κ3) is 9.51. The smallest absolute Gasteiger partial charge is 0.259 e. The lowest BCUT2D eigenvalue weighted by Gasteiger charge is -2.40. The van der Waals surface area contributed by atoms with Crippen LogP contribution in [-0.4, -0.2) is 116 Å². The van der Waals surface area contributed by atoms with Gasteiger partial charge in [0.25, 0.3) is 11.8 Å². The van der Waals surface area contributed by atoms with Crippen LogP contribution in [0.25, 0.3) is 87.2 Å². The Morgan fingerprint density at radius 3 is 1.55 bits per heavy atom. The quantitative estimate of drug-likeness (QED) is 0.0518. The number of hydrogen-bond acceptors (Lipinski definition) is 12. The van der Waals surface area contributed by atoms with Crippen LogP contribution in [0.2, 0.25) is 0 Å². The number of fused-ring (bicyclic) bond motifs is 22. The largest absolute Gasteiger partial charge is 0.394 e. The molecule has 5 aliphatic heterocycles. The second-order valence-electron chi connectivity index (χ2n) is 24.2. The standard InChI is InChI=1S/C34H26F2N2O6.C33H23F2N3O5.C4H8O/c35-17-6-8-22-20(10-17)27-29-24(40)13-25(41)30(29)28-21-11-18(36)7-9-23(21)38(32(28)31(27)37-22)34-33(26(42)12-19(14-39)44-34)43-15-16-4-2-1-3-5-16;34-16-6-8-21-19(10-16)24-26-27(32(40)37-31(26)39)25-20-11-17(35)7-9-22(20)38(29(25)28(24)36-21)33-30(23-12-18(43-33)14-41-23)42-13-15-4-2-1-3-5-15;1-2-4-5-3-1/h1-11,19,26,33-34,37,39,42H,12-15H2;1-11,18,23,30,33,36H,12-14H2,(H,37,39,40);1-4H2/t19-,26-,33+,34+;18?,23?,30?,33-;/m01./s1. The molecule has 17 nitrogen and oxygen atoms in total. The number of aromatic nitrogens is 4. The number of Topliss-reactive ketones (excluding diaryl/α,β-unsaturated/α-hetero) is 2. The van der Waals surface area contributed by atoms with Gasteiger partial charge < -0.3 is 57.7 Å². The van der Waals surface area contributed by atoms with Gasteiger partial charge in [0.05, 0.1) is 101 Å². The number of H-pyrrole nitrogens is 2. The Balaban J connectivity index is 0.000000136. The number of ketones is 2. The van der Waals surface area contributed by atoms with Crippen molar-refractivity contribution < 1.29 is 75.4 Å². The Morgan fingerprint density at radius 2 is 1.02 bits per heavy atom. The molecule has 0 spiro atoms. The number of benzene rings is 8. The van der Waals surface area contributed by atoms with Gasteiger partial charge in [0.15, 0.2) is 24.0 Å². The van der Waals surface area contributed by atoms with Crippen LogP contribution >= 0.6 is 0 Å². The summed E-state index contributed by atoms with van der Waals surface area (Å²) in [6.07, 6.45) is -2.52. The zero-order chi connectivity index (χ0) is 62.8. The number of halogens is 4. The number of aliphatic hydroxyl groups is 2. The van der Waals surface area contributed by atoms with Gasteiger partial charge >= 0.3 is 0 Å². The molecule has 12 aromatic rings. The molecule has 4 saturated heterocycles. The average Bonchev–Trinajstić information content (AvgIpc) is 1.53. The third-order valence-electron chi connectivity index (χ3n) is 18.6. The molecule has 9 heterocycles. The van der Waals surface area contributed by atoms with E-state index >= 15 is 0 Å². The number of imide groups is 1. The number of aromatic amines is 2. The summed E-state index contributed by atoms with van der Waals surface area (Å²) in [6, 6.07) is 36.2. The summed E-state index contributed by atoms with van der Waals surface area (Å²) < 4.78 is 99.6. The van der Waals surface area contributed by atoms with Gasteiger partial charge in [-0.25, -0.2) is 17.6 Å². The summed E-state index contributed by atoms with van der Waals surface area (Å²) in [5.41, 5.74) is 6.55. The first kappa shape index (κ1) is 58.0. The predicted molar refractivity (Wildman–Crippen MR) is 332 cm³/mol. The van der Waals surface area contributed by atoms with E-state index in [9.17, 15) is 47.0 Å².